The Hall–Kier alpha value is -3.86. The zero-order valence-electron chi connectivity index (χ0n) is 20.4. The number of hydrogen-bond donors (Lipinski definition) is 1. The van der Waals surface area contributed by atoms with Crippen molar-refractivity contribution in [2.24, 2.45) is 0 Å². The number of nitrogens with zero attached hydrogens (tertiary/aromatic N) is 1. The molecule has 3 aromatic carbocycles. The van der Waals surface area contributed by atoms with Gasteiger partial charge in [-0.05, 0) is 80.1 Å². The lowest BCUT2D eigenvalue weighted by molar-refractivity contribution is -0.136. The van der Waals surface area contributed by atoms with Crippen LogP contribution in [0.5, 0.6) is 5.75 Å². The molecule has 34 heavy (non-hydrogen) atoms. The lowest BCUT2D eigenvalue weighted by atomic mass is 9.97. The molecule has 3 aromatic rings. The summed E-state index contributed by atoms with van der Waals surface area (Å²) in [4.78, 5) is 28.5. The van der Waals surface area contributed by atoms with E-state index in [0.717, 1.165) is 44.8 Å². The second-order valence-electron chi connectivity index (χ2n) is 8.87. The third kappa shape index (κ3) is 4.60. The van der Waals surface area contributed by atoms with Crippen LogP contribution >= 0.6 is 0 Å². The van der Waals surface area contributed by atoms with Crippen LogP contribution in [0.25, 0.3) is 5.57 Å². The minimum atomic E-state index is -0.297. The van der Waals surface area contributed by atoms with Gasteiger partial charge in [-0.3, -0.25) is 14.5 Å². The van der Waals surface area contributed by atoms with Gasteiger partial charge in [0.2, 0.25) is 0 Å². The van der Waals surface area contributed by atoms with Gasteiger partial charge in [0.25, 0.3) is 11.8 Å². The number of carbonyl (C=O) groups is 2. The van der Waals surface area contributed by atoms with Gasteiger partial charge in [-0.1, -0.05) is 48.0 Å². The van der Waals surface area contributed by atoms with Crippen LogP contribution in [-0.4, -0.2) is 30.4 Å². The number of amides is 2. The van der Waals surface area contributed by atoms with E-state index in [1.165, 1.54) is 4.90 Å². The van der Waals surface area contributed by atoms with E-state index >= 15 is 0 Å². The van der Waals surface area contributed by atoms with Crippen LogP contribution in [0, 0.1) is 27.7 Å². The van der Waals surface area contributed by atoms with Crippen LogP contribution in [0.1, 0.15) is 33.4 Å². The van der Waals surface area contributed by atoms with Gasteiger partial charge in [0.05, 0.1) is 12.7 Å². The highest BCUT2D eigenvalue weighted by atomic mass is 16.5. The number of carbonyl (C=O) groups excluding carboxylic acids is 2. The van der Waals surface area contributed by atoms with E-state index in [9.17, 15) is 9.59 Å². The van der Waals surface area contributed by atoms with Crippen molar-refractivity contribution in [2.75, 3.05) is 19.0 Å². The number of imide groups is 1. The van der Waals surface area contributed by atoms with Gasteiger partial charge in [0.15, 0.2) is 0 Å². The summed E-state index contributed by atoms with van der Waals surface area (Å²) in [6, 6.07) is 19.7. The molecular formula is C29H30N2O3. The Balaban J connectivity index is 1.69. The van der Waals surface area contributed by atoms with Gasteiger partial charge in [-0.15, -0.1) is 0 Å². The van der Waals surface area contributed by atoms with E-state index in [4.69, 9.17) is 4.74 Å². The van der Waals surface area contributed by atoms with E-state index in [2.05, 4.69) is 5.32 Å². The molecule has 0 saturated carbocycles. The third-order valence-electron chi connectivity index (χ3n) is 6.26. The zero-order valence-corrected chi connectivity index (χ0v) is 20.4. The number of ether oxygens (including phenoxy) is 1. The number of aryl methyl sites for hydroxylation is 4. The fourth-order valence-corrected chi connectivity index (χ4v) is 4.28. The largest absolute Gasteiger partial charge is 0.497 e. The van der Waals surface area contributed by atoms with Gasteiger partial charge in [-0.25, -0.2) is 0 Å². The Labute approximate surface area is 201 Å². The predicted octanol–water partition coefficient (Wildman–Crippen LogP) is 5.36. The van der Waals surface area contributed by atoms with Gasteiger partial charge in [0.1, 0.15) is 11.4 Å². The molecule has 1 heterocycles. The van der Waals surface area contributed by atoms with E-state index < -0.39 is 0 Å². The Kier molecular flexibility index (Phi) is 6.55. The van der Waals surface area contributed by atoms with Crippen LogP contribution in [-0.2, 0) is 16.0 Å². The van der Waals surface area contributed by atoms with Crippen molar-refractivity contribution in [3.63, 3.8) is 0 Å². The van der Waals surface area contributed by atoms with Crippen molar-refractivity contribution in [1.29, 1.82) is 0 Å². The first-order valence-electron chi connectivity index (χ1n) is 11.4. The minimum absolute atomic E-state index is 0.265. The molecule has 0 spiro atoms. The third-order valence-corrected chi connectivity index (χ3v) is 6.26. The minimum Gasteiger partial charge on any atom is -0.497 e. The monoisotopic (exact) mass is 454 g/mol. The number of rotatable bonds is 7. The summed E-state index contributed by atoms with van der Waals surface area (Å²) >= 11 is 0. The van der Waals surface area contributed by atoms with E-state index in [1.54, 1.807) is 7.11 Å². The van der Waals surface area contributed by atoms with Crippen molar-refractivity contribution >= 4 is 23.1 Å². The normalized spacial score (nSPS) is 13.6. The van der Waals surface area contributed by atoms with Crippen molar-refractivity contribution in [2.45, 2.75) is 34.1 Å². The van der Waals surface area contributed by atoms with E-state index in [-0.39, 0.29) is 11.8 Å². The molecule has 5 heteroatoms. The molecule has 4 rings (SSSR count). The number of methoxy groups -OCH3 is 1. The Morgan fingerprint density at radius 3 is 2.15 bits per heavy atom. The van der Waals surface area contributed by atoms with Crippen molar-refractivity contribution in [3.8, 4) is 5.75 Å². The molecule has 0 aliphatic carbocycles. The van der Waals surface area contributed by atoms with Gasteiger partial charge < -0.3 is 10.1 Å². The molecule has 0 fully saturated rings. The Morgan fingerprint density at radius 1 is 0.794 bits per heavy atom. The SMILES string of the molecule is COc1ccc(CCN2C(=O)C(Nc3cc(C)ccc3C)=C(c3ccc(C)cc3C)C2=O)cc1. The second-order valence-corrected chi connectivity index (χ2v) is 8.87. The van der Waals surface area contributed by atoms with E-state index in [1.807, 2.05) is 88.4 Å². The van der Waals surface area contributed by atoms with Crippen molar-refractivity contribution < 1.29 is 14.3 Å². The number of hydrogen-bond acceptors (Lipinski definition) is 4. The first-order chi connectivity index (χ1) is 16.3. The van der Waals surface area contributed by atoms with Crippen LogP contribution in [0.15, 0.2) is 66.4 Å². The lowest BCUT2D eigenvalue weighted by Crippen LogP contribution is -2.34. The van der Waals surface area contributed by atoms with Crippen LogP contribution in [0.2, 0.25) is 0 Å². The molecule has 0 radical (unpaired) electrons. The molecule has 2 amide bonds. The first-order valence-corrected chi connectivity index (χ1v) is 11.4. The summed E-state index contributed by atoms with van der Waals surface area (Å²) in [5, 5.41) is 3.31. The van der Waals surface area contributed by atoms with Crippen molar-refractivity contribution in [3.05, 3.63) is 99.7 Å². The Bertz CT molecular complexity index is 1290. The summed E-state index contributed by atoms with van der Waals surface area (Å²) in [5.74, 6) is 0.212. The summed E-state index contributed by atoms with van der Waals surface area (Å²) in [6.07, 6.45) is 0.568. The predicted molar refractivity (Wildman–Crippen MR) is 136 cm³/mol. The van der Waals surface area contributed by atoms with Gasteiger partial charge in [0, 0.05) is 12.2 Å². The van der Waals surface area contributed by atoms with Crippen LogP contribution in [0.4, 0.5) is 5.69 Å². The fraction of sp³-hybridized carbons (Fsp3) is 0.241. The molecule has 1 aliphatic rings. The number of nitrogens with one attached hydrogen (secondary N) is 1. The fourth-order valence-electron chi connectivity index (χ4n) is 4.28. The first kappa shape index (κ1) is 23.3. The highest BCUT2D eigenvalue weighted by molar-refractivity contribution is 6.36. The van der Waals surface area contributed by atoms with Crippen LogP contribution < -0.4 is 10.1 Å². The molecular weight excluding hydrogens is 424 g/mol. The molecule has 0 unspecified atom stereocenters. The Morgan fingerprint density at radius 2 is 1.47 bits per heavy atom. The topological polar surface area (TPSA) is 58.6 Å². The molecule has 0 aromatic heterocycles. The summed E-state index contributed by atoms with van der Waals surface area (Å²) in [5.41, 5.74) is 7.57. The maximum Gasteiger partial charge on any atom is 0.278 e. The smallest absolute Gasteiger partial charge is 0.278 e. The maximum absolute atomic E-state index is 13.6. The molecule has 0 atom stereocenters. The maximum atomic E-state index is 13.6. The van der Waals surface area contributed by atoms with Crippen molar-refractivity contribution in [1.82, 2.24) is 4.90 Å². The summed E-state index contributed by atoms with van der Waals surface area (Å²) in [7, 11) is 1.63. The summed E-state index contributed by atoms with van der Waals surface area (Å²) in [6.45, 7) is 8.29. The standard InChI is InChI=1S/C29H30N2O3/c1-18-7-13-24(21(4)16-18)26-27(30-25-17-19(2)6-8-20(25)3)29(33)31(28(26)32)15-14-22-9-11-23(34-5)12-10-22/h6-13,16-17,30H,14-15H2,1-5H3. The quantitative estimate of drug-likeness (QED) is 0.488. The number of anilines is 1. The zero-order chi connectivity index (χ0) is 24.4. The van der Waals surface area contributed by atoms with Gasteiger partial charge in [-0.2, -0.15) is 0 Å². The van der Waals surface area contributed by atoms with E-state index in [0.29, 0.717) is 24.2 Å². The second kappa shape index (κ2) is 9.56. The molecule has 174 valence electrons. The van der Waals surface area contributed by atoms with Gasteiger partial charge >= 0.3 is 0 Å². The lowest BCUT2D eigenvalue weighted by Gasteiger charge is -2.16. The molecule has 1 N–H and O–H groups in total. The molecule has 1 aliphatic heterocycles. The number of benzene rings is 3. The highest BCUT2D eigenvalue weighted by Gasteiger charge is 2.39. The highest BCUT2D eigenvalue weighted by Crippen LogP contribution is 2.33. The molecule has 5 nitrogen and oxygen atoms in total. The molecule has 0 bridgehead atoms. The molecule has 0 saturated heterocycles. The average Bonchev–Trinajstić information content (AvgIpc) is 3.04. The summed E-state index contributed by atoms with van der Waals surface area (Å²) < 4.78 is 5.22. The van der Waals surface area contributed by atoms with Crippen LogP contribution in [0.3, 0.4) is 0 Å². The average molecular weight is 455 g/mol.